The van der Waals surface area contributed by atoms with Crippen molar-refractivity contribution in [1.29, 1.82) is 0 Å². The molecule has 0 spiro atoms. The van der Waals surface area contributed by atoms with Crippen LogP contribution in [0.1, 0.15) is 11.1 Å². The predicted octanol–water partition coefficient (Wildman–Crippen LogP) is 1.60. The summed E-state index contributed by atoms with van der Waals surface area (Å²) in [6.45, 7) is 1.37. The van der Waals surface area contributed by atoms with E-state index in [1.807, 2.05) is 6.92 Å². The first-order chi connectivity index (χ1) is 9.93. The molecular weight excluding hydrogens is 321 g/mol. The summed E-state index contributed by atoms with van der Waals surface area (Å²) in [6, 6.07) is 4.47. The summed E-state index contributed by atoms with van der Waals surface area (Å²) in [4.78, 5) is 11.4. The van der Waals surface area contributed by atoms with E-state index in [4.69, 9.17) is 0 Å². The number of nitrogens with one attached hydrogen (secondary N) is 1. The molecule has 124 valence electrons. The zero-order valence-corrected chi connectivity index (χ0v) is 13.2. The van der Waals surface area contributed by atoms with E-state index in [9.17, 15) is 26.4 Å². The van der Waals surface area contributed by atoms with Crippen LogP contribution >= 0.6 is 0 Å². The van der Waals surface area contributed by atoms with Crippen LogP contribution in [0.2, 0.25) is 0 Å². The highest BCUT2D eigenvalue weighted by atomic mass is 32.2. The molecule has 0 saturated heterocycles. The highest BCUT2D eigenvalue weighted by Crippen LogP contribution is 2.18. The number of carbonyl (C=O) groups is 1. The maximum Gasteiger partial charge on any atom is 0.405 e. The number of hydrogen-bond acceptors (Lipinski definition) is 3. The van der Waals surface area contributed by atoms with Crippen LogP contribution in [0.25, 0.3) is 0 Å². The van der Waals surface area contributed by atoms with Crippen molar-refractivity contribution < 1.29 is 26.4 Å². The molecule has 22 heavy (non-hydrogen) atoms. The van der Waals surface area contributed by atoms with Crippen molar-refractivity contribution in [3.63, 3.8) is 0 Å². The van der Waals surface area contributed by atoms with Gasteiger partial charge in [-0.2, -0.15) is 17.5 Å². The number of carbonyl (C=O) groups excluding carboxylic acids is 1. The molecule has 0 aliphatic carbocycles. The third kappa shape index (κ3) is 4.99. The molecule has 0 atom stereocenters. The van der Waals surface area contributed by atoms with E-state index < -0.39 is 35.2 Å². The molecule has 1 aromatic carbocycles. The van der Waals surface area contributed by atoms with Gasteiger partial charge in [0.1, 0.15) is 6.54 Å². The van der Waals surface area contributed by atoms with Gasteiger partial charge < -0.3 is 5.32 Å². The number of hydrogen-bond donors (Lipinski definition) is 1. The summed E-state index contributed by atoms with van der Waals surface area (Å²) in [5.41, 5.74) is 1.67. The number of likely N-dealkylation sites (N-methyl/N-ethyl adjacent to an activating group) is 1. The second-order valence-electron chi connectivity index (χ2n) is 4.90. The van der Waals surface area contributed by atoms with Gasteiger partial charge in [0, 0.05) is 7.05 Å². The molecular formula is C13H17F3N2O3S. The summed E-state index contributed by atoms with van der Waals surface area (Å²) in [7, 11) is -2.80. The summed E-state index contributed by atoms with van der Waals surface area (Å²) in [6.07, 6.45) is -4.54. The van der Waals surface area contributed by atoms with Crippen LogP contribution in [0.5, 0.6) is 0 Å². The number of amides is 1. The van der Waals surface area contributed by atoms with Gasteiger partial charge >= 0.3 is 6.18 Å². The van der Waals surface area contributed by atoms with E-state index in [0.29, 0.717) is 4.31 Å². The van der Waals surface area contributed by atoms with Gasteiger partial charge in [-0.15, -0.1) is 0 Å². The lowest BCUT2D eigenvalue weighted by atomic mass is 10.1. The van der Waals surface area contributed by atoms with Crippen molar-refractivity contribution in [2.75, 3.05) is 20.1 Å². The Morgan fingerprint density at radius 3 is 2.32 bits per heavy atom. The zero-order chi connectivity index (χ0) is 17.1. The molecule has 0 aromatic heterocycles. The quantitative estimate of drug-likeness (QED) is 0.887. The number of benzene rings is 1. The Labute approximate surface area is 127 Å². The minimum atomic E-state index is -4.54. The molecule has 0 aliphatic heterocycles. The molecule has 0 bridgehead atoms. The molecule has 0 unspecified atom stereocenters. The second kappa shape index (κ2) is 6.66. The smallest absolute Gasteiger partial charge is 0.346 e. The van der Waals surface area contributed by atoms with Crippen LogP contribution in [-0.4, -0.2) is 44.9 Å². The molecule has 0 saturated carbocycles. The maximum absolute atomic E-state index is 12.3. The lowest BCUT2D eigenvalue weighted by Gasteiger charge is -2.18. The SMILES string of the molecule is Cc1ccc(S(=O)(=O)N(C)CC(=O)NCC(F)(F)F)cc1C. The Morgan fingerprint density at radius 1 is 1.23 bits per heavy atom. The lowest BCUT2D eigenvalue weighted by molar-refractivity contribution is -0.138. The van der Waals surface area contributed by atoms with Crippen LogP contribution in [-0.2, 0) is 14.8 Å². The van der Waals surface area contributed by atoms with Gasteiger partial charge in [-0.25, -0.2) is 8.42 Å². The Bertz CT molecular complexity index is 657. The fraction of sp³-hybridized carbons (Fsp3) is 0.462. The number of nitrogens with zero attached hydrogens (tertiary/aromatic N) is 1. The molecule has 0 fully saturated rings. The third-order valence-electron chi connectivity index (χ3n) is 3.04. The molecule has 0 heterocycles. The molecule has 0 aliphatic rings. The van der Waals surface area contributed by atoms with Gasteiger partial charge in [0.2, 0.25) is 15.9 Å². The lowest BCUT2D eigenvalue weighted by Crippen LogP contribution is -2.41. The fourth-order valence-corrected chi connectivity index (χ4v) is 2.81. The van der Waals surface area contributed by atoms with Gasteiger partial charge in [-0.3, -0.25) is 4.79 Å². The molecule has 1 N–H and O–H groups in total. The Morgan fingerprint density at radius 2 is 1.82 bits per heavy atom. The van der Waals surface area contributed by atoms with Crippen molar-refractivity contribution >= 4 is 15.9 Å². The second-order valence-corrected chi connectivity index (χ2v) is 6.94. The first-order valence-electron chi connectivity index (χ1n) is 6.30. The normalized spacial score (nSPS) is 12.5. The van der Waals surface area contributed by atoms with Gasteiger partial charge in [-0.05, 0) is 37.1 Å². The predicted molar refractivity (Wildman–Crippen MR) is 74.8 cm³/mol. The number of alkyl halides is 3. The minimum absolute atomic E-state index is 0.0123. The topological polar surface area (TPSA) is 66.5 Å². The van der Waals surface area contributed by atoms with E-state index in [1.54, 1.807) is 18.3 Å². The van der Waals surface area contributed by atoms with Crippen molar-refractivity contribution in [2.45, 2.75) is 24.9 Å². The summed E-state index contributed by atoms with van der Waals surface area (Å²) in [5.74, 6) is -1.02. The van der Waals surface area contributed by atoms with E-state index in [0.717, 1.165) is 18.2 Å². The molecule has 9 heteroatoms. The molecule has 1 aromatic rings. The third-order valence-corrected chi connectivity index (χ3v) is 4.84. The highest BCUT2D eigenvalue weighted by molar-refractivity contribution is 7.89. The zero-order valence-electron chi connectivity index (χ0n) is 12.4. The molecule has 1 amide bonds. The van der Waals surface area contributed by atoms with Crippen LogP contribution in [0.15, 0.2) is 23.1 Å². The standard InChI is InChI=1S/C13H17F3N2O3S/c1-9-4-5-11(6-10(9)2)22(20,21)18(3)7-12(19)17-8-13(14,15)16/h4-6H,7-8H2,1-3H3,(H,17,19). The van der Waals surface area contributed by atoms with Gasteiger partial charge in [-0.1, -0.05) is 6.07 Å². The van der Waals surface area contributed by atoms with Crippen LogP contribution < -0.4 is 5.32 Å². The van der Waals surface area contributed by atoms with Crippen molar-refractivity contribution in [3.05, 3.63) is 29.3 Å². The first kappa shape index (κ1) is 18.4. The Kier molecular flexibility index (Phi) is 5.58. The number of aryl methyl sites for hydroxylation is 2. The van der Waals surface area contributed by atoms with E-state index in [-0.39, 0.29) is 4.90 Å². The largest absolute Gasteiger partial charge is 0.405 e. The van der Waals surface area contributed by atoms with E-state index >= 15 is 0 Å². The van der Waals surface area contributed by atoms with Crippen molar-refractivity contribution in [1.82, 2.24) is 9.62 Å². The van der Waals surface area contributed by atoms with Gasteiger partial charge in [0.15, 0.2) is 0 Å². The minimum Gasteiger partial charge on any atom is -0.346 e. The van der Waals surface area contributed by atoms with E-state index in [2.05, 4.69) is 0 Å². The summed E-state index contributed by atoms with van der Waals surface area (Å²) < 4.78 is 61.2. The average Bonchev–Trinajstić information content (AvgIpc) is 2.38. The maximum atomic E-state index is 12.3. The number of sulfonamides is 1. The van der Waals surface area contributed by atoms with Gasteiger partial charge in [0.05, 0.1) is 11.4 Å². The van der Waals surface area contributed by atoms with Gasteiger partial charge in [0.25, 0.3) is 0 Å². The number of halogens is 3. The average molecular weight is 338 g/mol. The molecule has 0 radical (unpaired) electrons. The molecule has 5 nitrogen and oxygen atoms in total. The molecule has 1 rings (SSSR count). The summed E-state index contributed by atoms with van der Waals surface area (Å²) in [5, 5.41) is 1.63. The Hall–Kier alpha value is -1.61. The first-order valence-corrected chi connectivity index (χ1v) is 7.74. The number of rotatable bonds is 5. The van der Waals surface area contributed by atoms with Crippen molar-refractivity contribution in [3.8, 4) is 0 Å². The van der Waals surface area contributed by atoms with E-state index in [1.165, 1.54) is 12.1 Å². The monoisotopic (exact) mass is 338 g/mol. The highest BCUT2D eigenvalue weighted by Gasteiger charge is 2.29. The van der Waals surface area contributed by atoms with Crippen LogP contribution in [0.4, 0.5) is 13.2 Å². The van der Waals surface area contributed by atoms with Crippen LogP contribution in [0.3, 0.4) is 0 Å². The Balaban J connectivity index is 2.80. The van der Waals surface area contributed by atoms with Crippen LogP contribution in [0, 0.1) is 13.8 Å². The van der Waals surface area contributed by atoms with Crippen molar-refractivity contribution in [2.24, 2.45) is 0 Å². The summed E-state index contributed by atoms with van der Waals surface area (Å²) >= 11 is 0. The fourth-order valence-electron chi connectivity index (χ4n) is 1.60.